The summed E-state index contributed by atoms with van der Waals surface area (Å²) in [6.45, 7) is 4.36. The molecule has 1 aromatic rings. The van der Waals surface area contributed by atoms with E-state index in [0.717, 1.165) is 12.0 Å². The average molecular weight is 249 g/mol. The molecule has 1 heterocycles. The van der Waals surface area contributed by atoms with Crippen molar-refractivity contribution in [3.8, 4) is 0 Å². The molecule has 0 radical (unpaired) electrons. The van der Waals surface area contributed by atoms with E-state index in [1.807, 2.05) is 30.3 Å². The number of hydrogen-bond donors (Lipinski definition) is 1. The van der Waals surface area contributed by atoms with Gasteiger partial charge in [0.05, 0.1) is 11.6 Å². The molecule has 1 saturated heterocycles. The fraction of sp³-hybridized carbons (Fsp3) is 0.500. The summed E-state index contributed by atoms with van der Waals surface area (Å²) in [5.74, 6) is 0. The van der Waals surface area contributed by atoms with Gasteiger partial charge in [0.15, 0.2) is 0 Å². The number of rotatable bonds is 3. The van der Waals surface area contributed by atoms with Crippen molar-refractivity contribution in [2.75, 3.05) is 6.54 Å². The van der Waals surface area contributed by atoms with Crippen molar-refractivity contribution < 1.29 is 14.6 Å². The number of benzene rings is 1. The van der Waals surface area contributed by atoms with Crippen molar-refractivity contribution in [2.45, 2.75) is 38.5 Å². The van der Waals surface area contributed by atoms with Crippen LogP contribution in [-0.4, -0.2) is 34.3 Å². The smallest absolute Gasteiger partial charge is 0.410 e. The Kier molecular flexibility index (Phi) is 3.57. The van der Waals surface area contributed by atoms with E-state index in [0.29, 0.717) is 6.54 Å². The first-order valence-electron chi connectivity index (χ1n) is 6.18. The van der Waals surface area contributed by atoms with E-state index in [1.165, 1.54) is 0 Å². The minimum atomic E-state index is -0.871. The first-order chi connectivity index (χ1) is 8.48. The first-order valence-corrected chi connectivity index (χ1v) is 6.18. The van der Waals surface area contributed by atoms with Crippen molar-refractivity contribution in [1.82, 2.24) is 4.90 Å². The molecule has 1 amide bonds. The van der Waals surface area contributed by atoms with E-state index in [-0.39, 0.29) is 18.7 Å². The molecule has 1 aliphatic heterocycles. The molecule has 0 spiro atoms. The number of aliphatic hydroxyl groups is 1. The summed E-state index contributed by atoms with van der Waals surface area (Å²) in [5, 5.41) is 9.89. The third kappa shape index (κ3) is 2.82. The number of carbonyl (C=O) groups excluding carboxylic acids is 1. The summed E-state index contributed by atoms with van der Waals surface area (Å²) in [6, 6.07) is 9.43. The SMILES string of the molecule is CC(C)(O)C1CCN1C(=O)OCc1ccccc1. The molecule has 0 saturated carbocycles. The zero-order valence-corrected chi connectivity index (χ0v) is 10.8. The van der Waals surface area contributed by atoms with Gasteiger partial charge in [-0.3, -0.25) is 0 Å². The molecule has 1 fully saturated rings. The van der Waals surface area contributed by atoms with Gasteiger partial charge in [-0.25, -0.2) is 4.79 Å². The minimum absolute atomic E-state index is 0.138. The maximum Gasteiger partial charge on any atom is 0.410 e. The molecule has 1 unspecified atom stereocenters. The zero-order chi connectivity index (χ0) is 13.2. The van der Waals surface area contributed by atoms with E-state index < -0.39 is 5.60 Å². The maximum absolute atomic E-state index is 11.8. The second-order valence-electron chi connectivity index (χ2n) is 5.19. The largest absolute Gasteiger partial charge is 0.445 e. The maximum atomic E-state index is 11.8. The van der Waals surface area contributed by atoms with Crippen molar-refractivity contribution in [3.63, 3.8) is 0 Å². The van der Waals surface area contributed by atoms with Crippen LogP contribution in [0.1, 0.15) is 25.8 Å². The van der Waals surface area contributed by atoms with Crippen LogP contribution in [0.5, 0.6) is 0 Å². The lowest BCUT2D eigenvalue weighted by molar-refractivity contribution is -0.0641. The van der Waals surface area contributed by atoms with Gasteiger partial charge in [0.2, 0.25) is 0 Å². The van der Waals surface area contributed by atoms with Gasteiger partial charge in [0.25, 0.3) is 0 Å². The number of hydrogen-bond acceptors (Lipinski definition) is 3. The lowest BCUT2D eigenvalue weighted by Crippen LogP contribution is -2.60. The summed E-state index contributed by atoms with van der Waals surface area (Å²) in [6.07, 6.45) is 0.474. The van der Waals surface area contributed by atoms with Gasteiger partial charge in [-0.1, -0.05) is 30.3 Å². The van der Waals surface area contributed by atoms with E-state index in [9.17, 15) is 9.90 Å². The zero-order valence-electron chi connectivity index (χ0n) is 10.8. The van der Waals surface area contributed by atoms with Crippen LogP contribution in [0, 0.1) is 0 Å². The standard InChI is InChI=1S/C14H19NO3/c1-14(2,17)12-8-9-15(12)13(16)18-10-11-6-4-3-5-7-11/h3-7,12,17H,8-10H2,1-2H3. The normalized spacial score (nSPS) is 19.3. The highest BCUT2D eigenvalue weighted by Crippen LogP contribution is 2.28. The minimum Gasteiger partial charge on any atom is -0.445 e. The van der Waals surface area contributed by atoms with Crippen LogP contribution in [0.4, 0.5) is 4.79 Å². The van der Waals surface area contributed by atoms with Crippen LogP contribution >= 0.6 is 0 Å². The second kappa shape index (κ2) is 4.98. The Morgan fingerprint density at radius 1 is 1.44 bits per heavy atom. The number of carbonyl (C=O) groups is 1. The summed E-state index contributed by atoms with van der Waals surface area (Å²) in [7, 11) is 0. The van der Waals surface area contributed by atoms with Crippen molar-refractivity contribution in [2.24, 2.45) is 0 Å². The predicted molar refractivity (Wildman–Crippen MR) is 68.0 cm³/mol. The molecule has 4 nitrogen and oxygen atoms in total. The Labute approximate surface area is 107 Å². The Balaban J connectivity index is 1.86. The van der Waals surface area contributed by atoms with Gasteiger partial charge in [-0.2, -0.15) is 0 Å². The van der Waals surface area contributed by atoms with Crippen LogP contribution in [0.3, 0.4) is 0 Å². The molecule has 1 atom stereocenters. The van der Waals surface area contributed by atoms with Gasteiger partial charge in [-0.15, -0.1) is 0 Å². The molecule has 1 aliphatic rings. The van der Waals surface area contributed by atoms with Gasteiger partial charge in [0, 0.05) is 6.54 Å². The average Bonchev–Trinajstić information content (AvgIpc) is 2.24. The molecular formula is C14H19NO3. The summed E-state index contributed by atoms with van der Waals surface area (Å²) in [4.78, 5) is 13.4. The molecule has 2 rings (SSSR count). The Morgan fingerprint density at radius 2 is 2.11 bits per heavy atom. The van der Waals surface area contributed by atoms with E-state index in [1.54, 1.807) is 18.7 Å². The summed E-state index contributed by atoms with van der Waals surface area (Å²) >= 11 is 0. The molecule has 18 heavy (non-hydrogen) atoms. The molecule has 4 heteroatoms. The fourth-order valence-electron chi connectivity index (χ4n) is 2.14. The lowest BCUT2D eigenvalue weighted by atomic mass is 9.88. The van der Waals surface area contributed by atoms with Gasteiger partial charge >= 0.3 is 6.09 Å². The third-order valence-electron chi connectivity index (χ3n) is 3.27. The quantitative estimate of drug-likeness (QED) is 0.893. The lowest BCUT2D eigenvalue weighted by Gasteiger charge is -2.46. The van der Waals surface area contributed by atoms with Crippen LogP contribution in [-0.2, 0) is 11.3 Å². The van der Waals surface area contributed by atoms with Crippen molar-refractivity contribution in [3.05, 3.63) is 35.9 Å². The Hall–Kier alpha value is -1.55. The van der Waals surface area contributed by atoms with E-state index >= 15 is 0 Å². The van der Waals surface area contributed by atoms with Crippen LogP contribution in [0.2, 0.25) is 0 Å². The number of ether oxygens (including phenoxy) is 1. The van der Waals surface area contributed by atoms with Gasteiger partial charge in [0.1, 0.15) is 6.61 Å². The second-order valence-corrected chi connectivity index (χ2v) is 5.19. The Bertz CT molecular complexity index is 411. The van der Waals surface area contributed by atoms with Crippen LogP contribution in [0.15, 0.2) is 30.3 Å². The van der Waals surface area contributed by atoms with E-state index in [2.05, 4.69) is 0 Å². The summed E-state index contributed by atoms with van der Waals surface area (Å²) < 4.78 is 5.23. The molecule has 0 aromatic heterocycles. The molecule has 1 aromatic carbocycles. The third-order valence-corrected chi connectivity index (χ3v) is 3.27. The monoisotopic (exact) mass is 249 g/mol. The Morgan fingerprint density at radius 3 is 2.61 bits per heavy atom. The highest BCUT2D eigenvalue weighted by molar-refractivity contribution is 5.69. The highest BCUT2D eigenvalue weighted by Gasteiger charge is 2.42. The van der Waals surface area contributed by atoms with Crippen molar-refractivity contribution >= 4 is 6.09 Å². The topological polar surface area (TPSA) is 49.8 Å². The van der Waals surface area contributed by atoms with Crippen molar-refractivity contribution in [1.29, 1.82) is 0 Å². The molecule has 98 valence electrons. The highest BCUT2D eigenvalue weighted by atomic mass is 16.6. The first kappa shape index (κ1) is 12.9. The molecule has 0 aliphatic carbocycles. The predicted octanol–water partition coefficient (Wildman–Crippen LogP) is 2.17. The number of likely N-dealkylation sites (tertiary alicyclic amines) is 1. The van der Waals surface area contributed by atoms with E-state index in [4.69, 9.17) is 4.74 Å². The molecule has 1 N–H and O–H groups in total. The summed E-state index contributed by atoms with van der Waals surface area (Å²) in [5.41, 5.74) is 0.0930. The van der Waals surface area contributed by atoms with Crippen LogP contribution in [0.25, 0.3) is 0 Å². The van der Waals surface area contributed by atoms with Crippen LogP contribution < -0.4 is 0 Å². The molecule has 0 bridgehead atoms. The molecular weight excluding hydrogens is 230 g/mol. The number of amides is 1. The number of nitrogens with zero attached hydrogens (tertiary/aromatic N) is 1. The fourth-order valence-corrected chi connectivity index (χ4v) is 2.14. The van der Waals surface area contributed by atoms with Gasteiger partial charge in [-0.05, 0) is 25.8 Å². The van der Waals surface area contributed by atoms with Gasteiger partial charge < -0.3 is 14.7 Å².